The predicted octanol–water partition coefficient (Wildman–Crippen LogP) is 2.49. The Morgan fingerprint density at radius 2 is 2.07 bits per heavy atom. The maximum absolute atomic E-state index is 3.48. The summed E-state index contributed by atoms with van der Waals surface area (Å²) in [5.74, 6) is 0.886. The summed E-state index contributed by atoms with van der Waals surface area (Å²) >= 11 is 0. The van der Waals surface area contributed by atoms with Crippen LogP contribution in [0.15, 0.2) is 0 Å². The molecule has 1 rings (SSSR count). The van der Waals surface area contributed by atoms with Crippen LogP contribution in [0.2, 0.25) is 0 Å². The first kappa shape index (κ1) is 13.0. The number of rotatable bonds is 5. The zero-order chi connectivity index (χ0) is 11.3. The molecule has 90 valence electrons. The molecule has 0 amide bonds. The van der Waals surface area contributed by atoms with Crippen molar-refractivity contribution in [2.24, 2.45) is 5.92 Å². The van der Waals surface area contributed by atoms with Gasteiger partial charge in [0.1, 0.15) is 0 Å². The smallest absolute Gasteiger partial charge is 0.00925 e. The first-order chi connectivity index (χ1) is 7.11. The van der Waals surface area contributed by atoms with Crippen LogP contribution in [0.25, 0.3) is 0 Å². The Morgan fingerprint density at radius 3 is 2.73 bits per heavy atom. The third kappa shape index (κ3) is 4.52. The molecule has 0 bridgehead atoms. The molecule has 1 aliphatic rings. The SMILES string of the molecule is CC(C)NCCCN1CCCC(C)C1C. The minimum Gasteiger partial charge on any atom is -0.314 e. The molecule has 0 aromatic rings. The van der Waals surface area contributed by atoms with Gasteiger partial charge >= 0.3 is 0 Å². The first-order valence-electron chi connectivity index (χ1n) is 6.58. The zero-order valence-corrected chi connectivity index (χ0v) is 10.9. The molecule has 2 nitrogen and oxygen atoms in total. The van der Waals surface area contributed by atoms with Crippen LogP contribution in [0.5, 0.6) is 0 Å². The fraction of sp³-hybridized carbons (Fsp3) is 1.00. The summed E-state index contributed by atoms with van der Waals surface area (Å²) in [4.78, 5) is 2.66. The first-order valence-corrected chi connectivity index (χ1v) is 6.58. The predicted molar refractivity (Wildman–Crippen MR) is 67.2 cm³/mol. The normalized spacial score (nSPS) is 28.6. The molecule has 2 atom stereocenters. The molecule has 1 fully saturated rings. The van der Waals surface area contributed by atoms with E-state index in [1.165, 1.54) is 32.4 Å². The summed E-state index contributed by atoms with van der Waals surface area (Å²) in [5.41, 5.74) is 0. The second-order valence-corrected chi connectivity index (χ2v) is 5.36. The van der Waals surface area contributed by atoms with E-state index in [1.54, 1.807) is 0 Å². The Kier molecular flexibility index (Phi) is 5.62. The average Bonchev–Trinajstić information content (AvgIpc) is 2.18. The lowest BCUT2D eigenvalue weighted by atomic mass is 9.92. The number of likely N-dealkylation sites (tertiary alicyclic amines) is 1. The van der Waals surface area contributed by atoms with Gasteiger partial charge in [-0.25, -0.2) is 0 Å². The van der Waals surface area contributed by atoms with Gasteiger partial charge in [-0.1, -0.05) is 20.8 Å². The highest BCUT2D eigenvalue weighted by atomic mass is 15.2. The third-order valence-corrected chi connectivity index (χ3v) is 3.68. The highest BCUT2D eigenvalue weighted by Crippen LogP contribution is 2.22. The Morgan fingerprint density at radius 1 is 1.33 bits per heavy atom. The van der Waals surface area contributed by atoms with Crippen LogP contribution < -0.4 is 5.32 Å². The van der Waals surface area contributed by atoms with Gasteiger partial charge in [0.25, 0.3) is 0 Å². The summed E-state index contributed by atoms with van der Waals surface area (Å²) in [5, 5.41) is 3.48. The average molecular weight is 212 g/mol. The van der Waals surface area contributed by atoms with E-state index in [-0.39, 0.29) is 0 Å². The van der Waals surface area contributed by atoms with Crippen LogP contribution in [0.1, 0.15) is 47.0 Å². The van der Waals surface area contributed by atoms with Crippen molar-refractivity contribution in [3.05, 3.63) is 0 Å². The van der Waals surface area contributed by atoms with E-state index in [0.717, 1.165) is 18.5 Å². The molecule has 0 aliphatic carbocycles. The van der Waals surface area contributed by atoms with Gasteiger partial charge < -0.3 is 10.2 Å². The maximum atomic E-state index is 3.48. The van der Waals surface area contributed by atoms with E-state index in [2.05, 4.69) is 37.9 Å². The molecule has 1 N–H and O–H groups in total. The van der Waals surface area contributed by atoms with Crippen molar-refractivity contribution in [3.63, 3.8) is 0 Å². The third-order valence-electron chi connectivity index (χ3n) is 3.68. The largest absolute Gasteiger partial charge is 0.314 e. The van der Waals surface area contributed by atoms with E-state index in [0.29, 0.717) is 6.04 Å². The topological polar surface area (TPSA) is 15.3 Å². The maximum Gasteiger partial charge on any atom is 0.00925 e. The van der Waals surface area contributed by atoms with Crippen molar-refractivity contribution in [2.75, 3.05) is 19.6 Å². The lowest BCUT2D eigenvalue weighted by Gasteiger charge is -2.38. The van der Waals surface area contributed by atoms with E-state index in [4.69, 9.17) is 0 Å². The summed E-state index contributed by atoms with van der Waals surface area (Å²) in [6, 6.07) is 1.42. The molecule has 2 unspecified atom stereocenters. The Hall–Kier alpha value is -0.0800. The molecular weight excluding hydrogens is 184 g/mol. The van der Waals surface area contributed by atoms with Crippen molar-refractivity contribution >= 4 is 0 Å². The molecule has 0 aromatic carbocycles. The number of hydrogen-bond acceptors (Lipinski definition) is 2. The molecule has 1 heterocycles. The van der Waals surface area contributed by atoms with E-state index < -0.39 is 0 Å². The van der Waals surface area contributed by atoms with Gasteiger partial charge in [0.2, 0.25) is 0 Å². The Labute approximate surface area is 95.4 Å². The Balaban J connectivity index is 2.14. The minimum atomic E-state index is 0.628. The van der Waals surface area contributed by atoms with Gasteiger partial charge in [-0.2, -0.15) is 0 Å². The second kappa shape index (κ2) is 6.49. The Bertz CT molecular complexity index is 168. The van der Waals surface area contributed by atoms with Crippen LogP contribution in [-0.4, -0.2) is 36.6 Å². The van der Waals surface area contributed by atoms with E-state index in [1.807, 2.05) is 0 Å². The highest BCUT2D eigenvalue weighted by molar-refractivity contribution is 4.78. The molecule has 0 radical (unpaired) electrons. The van der Waals surface area contributed by atoms with Gasteiger partial charge in [0, 0.05) is 12.1 Å². The summed E-state index contributed by atoms with van der Waals surface area (Å²) in [6.07, 6.45) is 4.10. The minimum absolute atomic E-state index is 0.628. The molecule has 15 heavy (non-hydrogen) atoms. The number of hydrogen-bond donors (Lipinski definition) is 1. The van der Waals surface area contributed by atoms with Crippen LogP contribution >= 0.6 is 0 Å². The van der Waals surface area contributed by atoms with Gasteiger partial charge in [0.05, 0.1) is 0 Å². The molecular formula is C13H28N2. The summed E-state index contributed by atoms with van der Waals surface area (Å²) in [7, 11) is 0. The molecule has 0 aromatic heterocycles. The lowest BCUT2D eigenvalue weighted by Crippen LogP contribution is -2.43. The van der Waals surface area contributed by atoms with Crippen LogP contribution in [-0.2, 0) is 0 Å². The van der Waals surface area contributed by atoms with Crippen molar-refractivity contribution in [1.29, 1.82) is 0 Å². The molecule has 0 spiro atoms. The fourth-order valence-electron chi connectivity index (χ4n) is 2.41. The van der Waals surface area contributed by atoms with E-state index in [9.17, 15) is 0 Å². The number of nitrogens with zero attached hydrogens (tertiary/aromatic N) is 1. The van der Waals surface area contributed by atoms with Gasteiger partial charge in [-0.3, -0.25) is 0 Å². The van der Waals surface area contributed by atoms with Gasteiger partial charge in [-0.05, 0) is 51.7 Å². The van der Waals surface area contributed by atoms with E-state index >= 15 is 0 Å². The van der Waals surface area contributed by atoms with Crippen molar-refractivity contribution in [3.8, 4) is 0 Å². The monoisotopic (exact) mass is 212 g/mol. The molecule has 2 heteroatoms. The summed E-state index contributed by atoms with van der Waals surface area (Å²) < 4.78 is 0. The molecule has 1 saturated heterocycles. The van der Waals surface area contributed by atoms with Crippen molar-refractivity contribution in [2.45, 2.75) is 59.0 Å². The number of piperidine rings is 1. The van der Waals surface area contributed by atoms with Gasteiger partial charge in [0.15, 0.2) is 0 Å². The van der Waals surface area contributed by atoms with Crippen molar-refractivity contribution in [1.82, 2.24) is 10.2 Å². The quantitative estimate of drug-likeness (QED) is 0.704. The zero-order valence-electron chi connectivity index (χ0n) is 10.9. The van der Waals surface area contributed by atoms with Crippen LogP contribution in [0, 0.1) is 5.92 Å². The van der Waals surface area contributed by atoms with Gasteiger partial charge in [-0.15, -0.1) is 0 Å². The van der Waals surface area contributed by atoms with Crippen LogP contribution in [0.4, 0.5) is 0 Å². The standard InChI is InChI=1S/C13H28N2/c1-11(2)14-8-6-10-15-9-5-7-12(3)13(15)4/h11-14H,5-10H2,1-4H3. The molecule has 1 aliphatic heterocycles. The second-order valence-electron chi connectivity index (χ2n) is 5.36. The molecule has 0 saturated carbocycles. The van der Waals surface area contributed by atoms with Crippen LogP contribution in [0.3, 0.4) is 0 Å². The van der Waals surface area contributed by atoms with Crippen molar-refractivity contribution < 1.29 is 0 Å². The number of nitrogens with one attached hydrogen (secondary N) is 1. The summed E-state index contributed by atoms with van der Waals surface area (Å²) in [6.45, 7) is 13.0. The highest BCUT2D eigenvalue weighted by Gasteiger charge is 2.23. The fourth-order valence-corrected chi connectivity index (χ4v) is 2.41. The lowest BCUT2D eigenvalue weighted by molar-refractivity contribution is 0.112.